The normalized spacial score (nSPS) is 21.8. The number of ether oxygens (including phenoxy) is 1. The van der Waals surface area contributed by atoms with Crippen LogP contribution in [-0.4, -0.2) is 22.9 Å². The highest BCUT2D eigenvalue weighted by Gasteiger charge is 2.19. The van der Waals surface area contributed by atoms with Gasteiger partial charge in [0.1, 0.15) is 6.10 Å². The van der Waals surface area contributed by atoms with Crippen molar-refractivity contribution < 1.29 is 9.53 Å². The number of primary amides is 1. The third-order valence-corrected chi connectivity index (χ3v) is 1.25. The lowest BCUT2D eigenvalue weighted by Crippen LogP contribution is -2.27. The number of rotatable bonds is 1. The second-order valence-electron chi connectivity index (χ2n) is 2.15. The Morgan fingerprint density at radius 1 is 1.50 bits per heavy atom. The van der Waals surface area contributed by atoms with E-state index in [0.29, 0.717) is 6.61 Å². The topological polar surface area (TPSA) is 52.3 Å². The summed E-state index contributed by atoms with van der Waals surface area (Å²) in [6.45, 7) is 0.688. The van der Waals surface area contributed by atoms with Crippen LogP contribution in [0.1, 0.15) is 12.8 Å². The molecule has 1 atom stereocenters. The minimum Gasteiger partial charge on any atom is -0.368 e. The minimum absolute atomic E-state index is 0.296. The summed E-state index contributed by atoms with van der Waals surface area (Å²) in [5.41, 5.74) is 4.93. The molecule has 0 aromatic carbocycles. The Morgan fingerprint density at radius 2 is 2.00 bits per heavy atom. The lowest BCUT2D eigenvalue weighted by atomic mass is 10.2. The van der Waals surface area contributed by atoms with Gasteiger partial charge >= 0.3 is 0 Å². The Balaban J connectivity index is 0.000000261. The molecule has 1 heterocycles. The Labute approximate surface area is 86.1 Å². The summed E-state index contributed by atoms with van der Waals surface area (Å²) < 4.78 is 4.19. The maximum atomic E-state index is 10.3. The van der Waals surface area contributed by atoms with Crippen LogP contribution in [0.4, 0.5) is 0 Å². The van der Waals surface area contributed by atoms with Gasteiger partial charge in [-0.3, -0.25) is 4.79 Å². The second kappa shape index (κ2) is 6.78. The van der Waals surface area contributed by atoms with Crippen LogP contribution < -0.4 is 5.73 Å². The number of hydrogen-bond acceptors (Lipinski definition) is 2. The SMILES string of the molecule is ClC(Cl)Cl.NC(=O)C1CCCO1. The third kappa shape index (κ3) is 6.98. The van der Waals surface area contributed by atoms with Gasteiger partial charge in [-0.1, -0.05) is 34.8 Å². The summed E-state index contributed by atoms with van der Waals surface area (Å²) in [7, 11) is 0. The molecule has 0 aliphatic carbocycles. The minimum atomic E-state index is -0.750. The summed E-state index contributed by atoms with van der Waals surface area (Å²) in [5.74, 6) is -0.331. The van der Waals surface area contributed by atoms with Crippen molar-refractivity contribution in [1.29, 1.82) is 0 Å². The van der Waals surface area contributed by atoms with Crippen LogP contribution in [0, 0.1) is 0 Å². The highest BCUT2D eigenvalue weighted by molar-refractivity contribution is 6.63. The van der Waals surface area contributed by atoms with Crippen molar-refractivity contribution in [3.8, 4) is 0 Å². The molecule has 1 amide bonds. The first-order valence-electron chi connectivity index (χ1n) is 3.37. The lowest BCUT2D eigenvalue weighted by molar-refractivity contribution is -0.126. The van der Waals surface area contributed by atoms with Crippen molar-refractivity contribution in [3.05, 3.63) is 0 Å². The van der Waals surface area contributed by atoms with Gasteiger partial charge in [0.15, 0.2) is 4.30 Å². The third-order valence-electron chi connectivity index (χ3n) is 1.25. The fourth-order valence-corrected chi connectivity index (χ4v) is 0.802. The molecule has 12 heavy (non-hydrogen) atoms. The van der Waals surface area contributed by atoms with Crippen LogP contribution in [-0.2, 0) is 9.53 Å². The number of amides is 1. The second-order valence-corrected chi connectivity index (χ2v) is 4.13. The molecule has 1 rings (SSSR count). The zero-order chi connectivity index (χ0) is 9.56. The van der Waals surface area contributed by atoms with Crippen LogP contribution >= 0.6 is 34.8 Å². The van der Waals surface area contributed by atoms with E-state index in [-0.39, 0.29) is 12.0 Å². The van der Waals surface area contributed by atoms with Gasteiger partial charge < -0.3 is 10.5 Å². The van der Waals surface area contributed by atoms with E-state index in [1.54, 1.807) is 0 Å². The van der Waals surface area contributed by atoms with Crippen LogP contribution in [0.5, 0.6) is 0 Å². The fourth-order valence-electron chi connectivity index (χ4n) is 0.802. The molecule has 72 valence electrons. The smallest absolute Gasteiger partial charge is 0.246 e. The molecule has 0 saturated carbocycles. The van der Waals surface area contributed by atoms with Crippen molar-refractivity contribution in [2.75, 3.05) is 6.61 Å². The van der Waals surface area contributed by atoms with E-state index in [0.717, 1.165) is 12.8 Å². The molecule has 0 aromatic heterocycles. The molecule has 1 unspecified atom stereocenters. The number of alkyl halides is 3. The molecule has 0 radical (unpaired) electrons. The Hall–Kier alpha value is 0.300. The van der Waals surface area contributed by atoms with Gasteiger partial charge in [-0.15, -0.1) is 0 Å². The van der Waals surface area contributed by atoms with Crippen molar-refractivity contribution in [3.63, 3.8) is 0 Å². The van der Waals surface area contributed by atoms with Gasteiger partial charge in [-0.05, 0) is 12.8 Å². The van der Waals surface area contributed by atoms with Gasteiger partial charge in [-0.25, -0.2) is 0 Å². The van der Waals surface area contributed by atoms with Crippen molar-refractivity contribution in [2.45, 2.75) is 23.2 Å². The van der Waals surface area contributed by atoms with Crippen LogP contribution in [0.3, 0.4) is 0 Å². The largest absolute Gasteiger partial charge is 0.368 e. The number of carbonyl (C=O) groups is 1. The molecule has 1 aliphatic heterocycles. The average Bonchev–Trinajstić information content (AvgIpc) is 2.34. The van der Waals surface area contributed by atoms with Crippen molar-refractivity contribution in [2.24, 2.45) is 5.73 Å². The number of nitrogens with two attached hydrogens (primary N) is 1. The predicted molar refractivity (Wildman–Crippen MR) is 49.5 cm³/mol. The first kappa shape index (κ1) is 12.3. The van der Waals surface area contributed by atoms with Crippen molar-refractivity contribution in [1.82, 2.24) is 0 Å². The van der Waals surface area contributed by atoms with Gasteiger partial charge in [0.05, 0.1) is 0 Å². The van der Waals surface area contributed by atoms with E-state index in [1.807, 2.05) is 0 Å². The standard InChI is InChI=1S/C5H9NO2.CHCl3/c6-5(7)4-2-1-3-8-4;2-1(3)4/h4H,1-3H2,(H2,6,7);1H. The molecule has 3 nitrogen and oxygen atoms in total. The van der Waals surface area contributed by atoms with Crippen molar-refractivity contribution >= 4 is 40.7 Å². The number of halogens is 3. The molecule has 2 N–H and O–H groups in total. The average molecular weight is 235 g/mol. The first-order valence-corrected chi connectivity index (χ1v) is 4.68. The monoisotopic (exact) mass is 233 g/mol. The van der Waals surface area contributed by atoms with Crippen LogP contribution in [0.15, 0.2) is 0 Å². The summed E-state index contributed by atoms with van der Waals surface area (Å²) in [6.07, 6.45) is 1.47. The molecule has 6 heteroatoms. The molecule has 1 aliphatic rings. The molecule has 1 saturated heterocycles. The summed E-state index contributed by atoms with van der Waals surface area (Å²) >= 11 is 14.4. The van der Waals surface area contributed by atoms with E-state index in [4.69, 9.17) is 45.3 Å². The number of hydrogen-bond donors (Lipinski definition) is 1. The molecule has 0 bridgehead atoms. The summed E-state index contributed by atoms with van der Waals surface area (Å²) in [5, 5.41) is 0. The lowest BCUT2D eigenvalue weighted by Gasteiger charge is -2.00. The Morgan fingerprint density at radius 3 is 2.17 bits per heavy atom. The molecule has 0 aromatic rings. The van der Waals surface area contributed by atoms with Crippen LogP contribution in [0.25, 0.3) is 0 Å². The summed E-state index contributed by atoms with van der Waals surface area (Å²) in [4.78, 5) is 10.3. The zero-order valence-electron chi connectivity index (χ0n) is 6.30. The summed E-state index contributed by atoms with van der Waals surface area (Å²) in [6, 6.07) is 0. The fraction of sp³-hybridized carbons (Fsp3) is 0.833. The van der Waals surface area contributed by atoms with Crippen LogP contribution in [0.2, 0.25) is 0 Å². The first-order chi connectivity index (χ1) is 5.54. The molecular formula is C6H10Cl3NO2. The van der Waals surface area contributed by atoms with Gasteiger partial charge in [0, 0.05) is 6.61 Å². The van der Waals surface area contributed by atoms with E-state index in [1.165, 1.54) is 0 Å². The quantitative estimate of drug-likeness (QED) is 0.701. The molecule has 1 fully saturated rings. The van der Waals surface area contributed by atoms with Gasteiger partial charge in [0.25, 0.3) is 0 Å². The highest BCUT2D eigenvalue weighted by Crippen LogP contribution is 2.10. The Bertz CT molecular complexity index is 134. The van der Waals surface area contributed by atoms with E-state index >= 15 is 0 Å². The predicted octanol–water partition coefficient (Wildman–Crippen LogP) is 1.64. The number of carbonyl (C=O) groups excluding carboxylic acids is 1. The van der Waals surface area contributed by atoms with Gasteiger partial charge in [-0.2, -0.15) is 0 Å². The van der Waals surface area contributed by atoms with E-state index < -0.39 is 4.30 Å². The maximum Gasteiger partial charge on any atom is 0.246 e. The maximum absolute atomic E-state index is 10.3. The molecular weight excluding hydrogens is 224 g/mol. The molecule has 0 spiro atoms. The Kier molecular flexibility index (Phi) is 6.95. The van der Waals surface area contributed by atoms with E-state index in [2.05, 4.69) is 0 Å². The highest BCUT2D eigenvalue weighted by atomic mass is 35.6. The van der Waals surface area contributed by atoms with Gasteiger partial charge in [0.2, 0.25) is 5.91 Å². The zero-order valence-corrected chi connectivity index (χ0v) is 8.57. The van der Waals surface area contributed by atoms with E-state index in [9.17, 15) is 4.79 Å².